The highest BCUT2D eigenvalue weighted by molar-refractivity contribution is 5.86. The van der Waals surface area contributed by atoms with Crippen LogP contribution in [0.1, 0.15) is 33.1 Å². The topological polar surface area (TPSA) is 67.4 Å². The van der Waals surface area contributed by atoms with Gasteiger partial charge in [0.15, 0.2) is 0 Å². The summed E-state index contributed by atoms with van der Waals surface area (Å²) >= 11 is 0. The summed E-state index contributed by atoms with van der Waals surface area (Å²) in [6, 6.07) is 0. The van der Waals surface area contributed by atoms with Crippen LogP contribution in [0.3, 0.4) is 0 Å². The van der Waals surface area contributed by atoms with E-state index in [1.807, 2.05) is 0 Å². The van der Waals surface area contributed by atoms with Crippen molar-refractivity contribution in [3.8, 4) is 0 Å². The lowest BCUT2D eigenvalue weighted by atomic mass is 9.81. The Morgan fingerprint density at radius 1 is 1.41 bits per heavy atom. The minimum atomic E-state index is -0.376. The second-order valence-electron chi connectivity index (χ2n) is 4.44. The molecule has 0 bridgehead atoms. The third-order valence-electron chi connectivity index (χ3n) is 3.15. The Balaban J connectivity index is 2.46. The second-order valence-corrected chi connectivity index (χ2v) is 4.44. The third kappa shape index (κ3) is 3.70. The van der Waals surface area contributed by atoms with Crippen LogP contribution in [0.2, 0.25) is 0 Å². The molecule has 5 heteroatoms. The summed E-state index contributed by atoms with van der Waals surface area (Å²) in [4.78, 5) is 23.3. The number of ether oxygens (including phenoxy) is 1. The Labute approximate surface area is 102 Å². The Morgan fingerprint density at radius 3 is 2.71 bits per heavy atom. The highest BCUT2D eigenvalue weighted by Gasteiger charge is 2.40. The average Bonchev–Trinajstić information content (AvgIpc) is 2.77. The summed E-state index contributed by atoms with van der Waals surface area (Å²) in [6.45, 7) is 5.70. The van der Waals surface area contributed by atoms with Crippen molar-refractivity contribution in [2.75, 3.05) is 26.2 Å². The first-order valence-electron chi connectivity index (χ1n) is 6.29. The van der Waals surface area contributed by atoms with Crippen molar-refractivity contribution in [3.05, 3.63) is 0 Å². The van der Waals surface area contributed by atoms with Crippen molar-refractivity contribution >= 4 is 11.9 Å². The number of amides is 1. The smallest absolute Gasteiger partial charge is 0.325 e. The van der Waals surface area contributed by atoms with E-state index in [4.69, 9.17) is 4.74 Å². The summed E-state index contributed by atoms with van der Waals surface area (Å²) in [5, 5.41) is 5.90. The van der Waals surface area contributed by atoms with Crippen LogP contribution in [0, 0.1) is 5.41 Å². The lowest BCUT2D eigenvalue weighted by Gasteiger charge is -2.26. The van der Waals surface area contributed by atoms with Crippen LogP contribution in [0.25, 0.3) is 0 Å². The van der Waals surface area contributed by atoms with E-state index in [0.717, 1.165) is 25.8 Å². The summed E-state index contributed by atoms with van der Waals surface area (Å²) in [5.41, 5.74) is -0.332. The molecule has 0 aliphatic carbocycles. The molecule has 1 amide bonds. The highest BCUT2D eigenvalue weighted by Crippen LogP contribution is 2.31. The molecule has 2 N–H and O–H groups in total. The van der Waals surface area contributed by atoms with Crippen molar-refractivity contribution in [1.29, 1.82) is 0 Å². The van der Waals surface area contributed by atoms with Crippen LogP contribution in [-0.2, 0) is 14.3 Å². The molecule has 1 heterocycles. The third-order valence-corrected chi connectivity index (χ3v) is 3.15. The first-order valence-corrected chi connectivity index (χ1v) is 6.29. The first kappa shape index (κ1) is 14.0. The fourth-order valence-electron chi connectivity index (χ4n) is 2.29. The maximum absolute atomic E-state index is 12.1. The number of carbonyl (C=O) groups is 2. The van der Waals surface area contributed by atoms with Crippen LogP contribution in [0.15, 0.2) is 0 Å². The van der Waals surface area contributed by atoms with Gasteiger partial charge in [-0.05, 0) is 26.3 Å². The first-order chi connectivity index (χ1) is 8.14. The zero-order valence-corrected chi connectivity index (χ0v) is 10.7. The van der Waals surface area contributed by atoms with Gasteiger partial charge in [-0.25, -0.2) is 0 Å². The molecular weight excluding hydrogens is 220 g/mol. The predicted molar refractivity (Wildman–Crippen MR) is 64.5 cm³/mol. The van der Waals surface area contributed by atoms with Gasteiger partial charge in [-0.3, -0.25) is 9.59 Å². The molecule has 1 fully saturated rings. The molecule has 0 spiro atoms. The van der Waals surface area contributed by atoms with Gasteiger partial charge in [0.1, 0.15) is 6.54 Å². The van der Waals surface area contributed by atoms with E-state index >= 15 is 0 Å². The van der Waals surface area contributed by atoms with E-state index in [1.54, 1.807) is 6.92 Å². The molecule has 0 aromatic carbocycles. The molecule has 98 valence electrons. The zero-order chi connectivity index (χ0) is 12.7. The van der Waals surface area contributed by atoms with Crippen LogP contribution in [0.4, 0.5) is 0 Å². The molecule has 0 aromatic rings. The summed E-state index contributed by atoms with van der Waals surface area (Å²) in [5.74, 6) is -0.407. The normalized spacial score (nSPS) is 23.4. The molecule has 1 saturated heterocycles. The van der Waals surface area contributed by atoms with Gasteiger partial charge in [-0.15, -0.1) is 0 Å². The zero-order valence-electron chi connectivity index (χ0n) is 10.7. The highest BCUT2D eigenvalue weighted by atomic mass is 16.5. The largest absolute Gasteiger partial charge is 0.465 e. The summed E-state index contributed by atoms with van der Waals surface area (Å²) in [7, 11) is 0. The molecular formula is C12H22N2O3. The van der Waals surface area contributed by atoms with Crippen molar-refractivity contribution < 1.29 is 14.3 Å². The molecule has 1 atom stereocenters. The summed E-state index contributed by atoms with van der Waals surface area (Å²) < 4.78 is 4.78. The lowest BCUT2D eigenvalue weighted by molar-refractivity contribution is -0.144. The van der Waals surface area contributed by atoms with Gasteiger partial charge in [0.25, 0.3) is 0 Å². The molecule has 1 aliphatic rings. The van der Waals surface area contributed by atoms with Gasteiger partial charge in [0.2, 0.25) is 5.91 Å². The number of hydrogen-bond donors (Lipinski definition) is 2. The monoisotopic (exact) mass is 242 g/mol. The quantitative estimate of drug-likeness (QED) is 0.663. The number of esters is 1. The number of carbonyl (C=O) groups excluding carboxylic acids is 2. The van der Waals surface area contributed by atoms with Crippen LogP contribution in [0.5, 0.6) is 0 Å². The molecule has 17 heavy (non-hydrogen) atoms. The fourth-order valence-corrected chi connectivity index (χ4v) is 2.29. The van der Waals surface area contributed by atoms with Crippen molar-refractivity contribution in [2.24, 2.45) is 5.41 Å². The van der Waals surface area contributed by atoms with E-state index in [-0.39, 0.29) is 23.8 Å². The number of nitrogens with one attached hydrogen (secondary N) is 2. The molecule has 0 saturated carbocycles. The molecule has 1 aliphatic heterocycles. The fraction of sp³-hybridized carbons (Fsp3) is 0.833. The van der Waals surface area contributed by atoms with E-state index in [0.29, 0.717) is 13.2 Å². The van der Waals surface area contributed by atoms with E-state index in [1.165, 1.54) is 0 Å². The van der Waals surface area contributed by atoms with Crippen molar-refractivity contribution in [1.82, 2.24) is 10.6 Å². The molecule has 1 unspecified atom stereocenters. The van der Waals surface area contributed by atoms with E-state index in [2.05, 4.69) is 17.6 Å². The Morgan fingerprint density at radius 2 is 2.18 bits per heavy atom. The Hall–Kier alpha value is -1.10. The standard InChI is InChI=1S/C12H22N2O3/c1-3-5-12(6-7-13-9-12)11(16)14-8-10(15)17-4-2/h13H,3-9H2,1-2H3,(H,14,16). The predicted octanol–water partition coefficient (Wildman–Crippen LogP) is 0.445. The van der Waals surface area contributed by atoms with Gasteiger partial charge < -0.3 is 15.4 Å². The van der Waals surface area contributed by atoms with Crippen LogP contribution in [-0.4, -0.2) is 38.1 Å². The van der Waals surface area contributed by atoms with Gasteiger partial charge >= 0.3 is 5.97 Å². The number of rotatable bonds is 6. The van der Waals surface area contributed by atoms with Crippen LogP contribution >= 0.6 is 0 Å². The van der Waals surface area contributed by atoms with Crippen LogP contribution < -0.4 is 10.6 Å². The number of hydrogen-bond acceptors (Lipinski definition) is 4. The van der Waals surface area contributed by atoms with Gasteiger partial charge in [0, 0.05) is 6.54 Å². The molecule has 0 radical (unpaired) electrons. The van der Waals surface area contributed by atoms with E-state index in [9.17, 15) is 9.59 Å². The Kier molecular flexibility index (Phi) is 5.41. The molecule has 0 aromatic heterocycles. The Bertz CT molecular complexity index is 273. The van der Waals surface area contributed by atoms with Crippen molar-refractivity contribution in [2.45, 2.75) is 33.1 Å². The molecule has 1 rings (SSSR count). The van der Waals surface area contributed by atoms with Gasteiger partial charge in [-0.2, -0.15) is 0 Å². The molecule has 5 nitrogen and oxygen atoms in total. The minimum Gasteiger partial charge on any atom is -0.465 e. The van der Waals surface area contributed by atoms with E-state index < -0.39 is 0 Å². The maximum atomic E-state index is 12.1. The summed E-state index contributed by atoms with van der Waals surface area (Å²) in [6.07, 6.45) is 2.67. The van der Waals surface area contributed by atoms with Gasteiger partial charge in [-0.1, -0.05) is 13.3 Å². The average molecular weight is 242 g/mol. The van der Waals surface area contributed by atoms with Gasteiger partial charge in [0.05, 0.1) is 12.0 Å². The lowest BCUT2D eigenvalue weighted by Crippen LogP contribution is -2.44. The SMILES string of the molecule is CCCC1(C(=O)NCC(=O)OCC)CCNC1. The van der Waals surface area contributed by atoms with Crippen molar-refractivity contribution in [3.63, 3.8) is 0 Å². The minimum absolute atomic E-state index is 0.0296. The maximum Gasteiger partial charge on any atom is 0.325 e. The second kappa shape index (κ2) is 6.59.